The van der Waals surface area contributed by atoms with E-state index < -0.39 is 0 Å². The van der Waals surface area contributed by atoms with E-state index in [1.54, 1.807) is 11.3 Å². The Morgan fingerprint density at radius 2 is 2.33 bits per heavy atom. The number of likely N-dealkylation sites (tertiary alicyclic amines) is 1. The van der Waals surface area contributed by atoms with Gasteiger partial charge in [0.2, 0.25) is 5.91 Å². The Bertz CT molecular complexity index is 366. The van der Waals surface area contributed by atoms with Crippen LogP contribution in [0.2, 0.25) is 0 Å². The van der Waals surface area contributed by atoms with Crippen LogP contribution in [0.25, 0.3) is 0 Å². The highest BCUT2D eigenvalue weighted by atomic mass is 32.1. The number of hydrogen-bond acceptors (Lipinski definition) is 3. The summed E-state index contributed by atoms with van der Waals surface area (Å²) in [4.78, 5) is 16.1. The number of carbonyl (C=O) groups is 1. The first-order valence-electron chi connectivity index (χ1n) is 5.18. The molecule has 1 aliphatic rings. The molecule has 2 N–H and O–H groups in total. The maximum atomic E-state index is 11.6. The minimum absolute atomic E-state index is 0.0960. The maximum absolute atomic E-state index is 11.6. The molecule has 0 aliphatic carbocycles. The zero-order chi connectivity index (χ0) is 11.0. The van der Waals surface area contributed by atoms with Crippen molar-refractivity contribution in [2.24, 2.45) is 5.73 Å². The third-order valence-electron chi connectivity index (χ3n) is 2.90. The molecule has 4 heteroatoms. The smallest absolute Gasteiger partial charge is 0.239 e. The Kier molecular flexibility index (Phi) is 2.80. The highest BCUT2D eigenvalue weighted by Crippen LogP contribution is 2.23. The van der Waals surface area contributed by atoms with Crippen molar-refractivity contribution in [3.05, 3.63) is 21.4 Å². The van der Waals surface area contributed by atoms with Crippen LogP contribution in [0.3, 0.4) is 0 Å². The van der Waals surface area contributed by atoms with Crippen molar-refractivity contribution in [1.82, 2.24) is 4.90 Å². The molecule has 1 amide bonds. The molecule has 1 fully saturated rings. The fourth-order valence-electron chi connectivity index (χ4n) is 1.84. The van der Waals surface area contributed by atoms with Crippen molar-refractivity contribution in [3.8, 4) is 0 Å². The van der Waals surface area contributed by atoms with Crippen LogP contribution in [0.1, 0.15) is 21.7 Å². The summed E-state index contributed by atoms with van der Waals surface area (Å²) >= 11 is 1.77. The normalized spacial score (nSPS) is 21.4. The van der Waals surface area contributed by atoms with Gasteiger partial charge in [0.25, 0.3) is 0 Å². The molecular formula is C11H16N2OS. The van der Waals surface area contributed by atoms with Crippen LogP contribution in [-0.2, 0) is 11.3 Å². The van der Waals surface area contributed by atoms with Crippen LogP contribution in [0.5, 0.6) is 0 Å². The standard InChI is InChI=1S/C11H16N2OS/c1-7-5-9(15-8(7)2)6-13-4-3-10(12)11(13)14/h5,10H,3-4,6,12H2,1-2H3. The summed E-state index contributed by atoms with van der Waals surface area (Å²) in [6, 6.07) is 1.89. The number of rotatable bonds is 2. The van der Waals surface area contributed by atoms with Crippen molar-refractivity contribution in [2.75, 3.05) is 6.54 Å². The molecule has 0 aromatic carbocycles. The van der Waals surface area contributed by atoms with Gasteiger partial charge in [-0.15, -0.1) is 11.3 Å². The molecule has 0 spiro atoms. The van der Waals surface area contributed by atoms with E-state index in [4.69, 9.17) is 5.73 Å². The molecule has 1 aliphatic heterocycles. The zero-order valence-corrected chi connectivity index (χ0v) is 9.93. The Morgan fingerprint density at radius 1 is 1.60 bits per heavy atom. The van der Waals surface area contributed by atoms with Gasteiger partial charge in [0.05, 0.1) is 12.6 Å². The Labute approximate surface area is 93.9 Å². The topological polar surface area (TPSA) is 46.3 Å². The zero-order valence-electron chi connectivity index (χ0n) is 9.12. The summed E-state index contributed by atoms with van der Waals surface area (Å²) in [7, 11) is 0. The lowest BCUT2D eigenvalue weighted by Gasteiger charge is -2.14. The van der Waals surface area contributed by atoms with Crippen LogP contribution in [0.15, 0.2) is 6.07 Å². The van der Waals surface area contributed by atoms with Gasteiger partial charge in [-0.3, -0.25) is 4.79 Å². The second-order valence-corrected chi connectivity index (χ2v) is 5.45. The van der Waals surface area contributed by atoms with Gasteiger partial charge in [-0.25, -0.2) is 0 Å². The Hall–Kier alpha value is -0.870. The SMILES string of the molecule is Cc1cc(CN2CCC(N)C2=O)sc1C. The Morgan fingerprint density at radius 3 is 2.80 bits per heavy atom. The maximum Gasteiger partial charge on any atom is 0.239 e. The van der Waals surface area contributed by atoms with Crippen molar-refractivity contribution >= 4 is 17.2 Å². The molecule has 15 heavy (non-hydrogen) atoms. The van der Waals surface area contributed by atoms with Crippen LogP contribution < -0.4 is 5.73 Å². The predicted molar refractivity (Wildman–Crippen MR) is 61.8 cm³/mol. The fourth-order valence-corrected chi connectivity index (χ4v) is 2.91. The molecular weight excluding hydrogens is 208 g/mol. The number of nitrogens with two attached hydrogens (primary N) is 1. The molecule has 2 heterocycles. The lowest BCUT2D eigenvalue weighted by molar-refractivity contribution is -0.129. The van der Waals surface area contributed by atoms with Crippen LogP contribution in [-0.4, -0.2) is 23.4 Å². The van der Waals surface area contributed by atoms with E-state index in [-0.39, 0.29) is 11.9 Å². The van der Waals surface area contributed by atoms with Gasteiger partial charge < -0.3 is 10.6 Å². The molecule has 2 rings (SSSR count). The molecule has 3 nitrogen and oxygen atoms in total. The van der Waals surface area contributed by atoms with E-state index in [2.05, 4.69) is 19.9 Å². The number of carbonyl (C=O) groups excluding carboxylic acids is 1. The van der Waals surface area contributed by atoms with Crippen LogP contribution in [0, 0.1) is 13.8 Å². The average molecular weight is 224 g/mol. The second kappa shape index (κ2) is 3.94. The van der Waals surface area contributed by atoms with Crippen molar-refractivity contribution in [3.63, 3.8) is 0 Å². The molecule has 82 valence electrons. The number of thiophene rings is 1. The van der Waals surface area contributed by atoms with E-state index in [1.165, 1.54) is 15.3 Å². The molecule has 0 radical (unpaired) electrons. The molecule has 0 bridgehead atoms. The van der Waals surface area contributed by atoms with Gasteiger partial charge in [0.15, 0.2) is 0 Å². The van der Waals surface area contributed by atoms with E-state index in [0.717, 1.165) is 19.5 Å². The fraction of sp³-hybridized carbons (Fsp3) is 0.545. The monoisotopic (exact) mass is 224 g/mol. The van der Waals surface area contributed by atoms with Crippen molar-refractivity contribution in [1.29, 1.82) is 0 Å². The first kappa shape index (κ1) is 10.6. The lowest BCUT2D eigenvalue weighted by Crippen LogP contribution is -2.33. The van der Waals surface area contributed by atoms with Crippen molar-refractivity contribution in [2.45, 2.75) is 32.9 Å². The van der Waals surface area contributed by atoms with Gasteiger partial charge in [-0.1, -0.05) is 0 Å². The van der Waals surface area contributed by atoms with E-state index in [9.17, 15) is 4.79 Å². The molecule has 1 saturated heterocycles. The second-order valence-electron chi connectivity index (χ2n) is 4.11. The molecule has 1 aromatic rings. The minimum atomic E-state index is -0.271. The number of aryl methyl sites for hydroxylation is 2. The number of amides is 1. The van der Waals surface area contributed by atoms with Gasteiger partial charge >= 0.3 is 0 Å². The summed E-state index contributed by atoms with van der Waals surface area (Å²) < 4.78 is 0. The predicted octanol–water partition coefficient (Wildman–Crippen LogP) is 1.42. The molecule has 1 unspecified atom stereocenters. The summed E-state index contributed by atoms with van der Waals surface area (Å²) in [5.74, 6) is 0.0960. The quantitative estimate of drug-likeness (QED) is 0.826. The van der Waals surface area contributed by atoms with Crippen LogP contribution >= 0.6 is 11.3 Å². The minimum Gasteiger partial charge on any atom is -0.336 e. The third kappa shape index (κ3) is 2.06. The third-order valence-corrected chi connectivity index (χ3v) is 4.04. The largest absolute Gasteiger partial charge is 0.336 e. The first-order valence-corrected chi connectivity index (χ1v) is 6.00. The summed E-state index contributed by atoms with van der Waals surface area (Å²) in [5, 5.41) is 0. The van der Waals surface area contributed by atoms with Gasteiger partial charge in [0, 0.05) is 16.3 Å². The Balaban J connectivity index is 2.06. The highest BCUT2D eigenvalue weighted by Gasteiger charge is 2.28. The van der Waals surface area contributed by atoms with E-state index in [0.29, 0.717) is 0 Å². The van der Waals surface area contributed by atoms with E-state index in [1.807, 2.05) is 4.90 Å². The van der Waals surface area contributed by atoms with Gasteiger partial charge in [-0.05, 0) is 31.9 Å². The molecule has 1 aromatic heterocycles. The first-order chi connectivity index (χ1) is 7.08. The van der Waals surface area contributed by atoms with Gasteiger partial charge in [-0.2, -0.15) is 0 Å². The van der Waals surface area contributed by atoms with Crippen LogP contribution in [0.4, 0.5) is 0 Å². The molecule has 0 saturated carbocycles. The summed E-state index contributed by atoms with van der Waals surface area (Å²) in [6.45, 7) is 5.75. The van der Waals surface area contributed by atoms with E-state index >= 15 is 0 Å². The number of hydrogen-bond donors (Lipinski definition) is 1. The van der Waals surface area contributed by atoms with Crippen molar-refractivity contribution < 1.29 is 4.79 Å². The lowest BCUT2D eigenvalue weighted by atomic mass is 10.3. The van der Waals surface area contributed by atoms with Gasteiger partial charge in [0.1, 0.15) is 0 Å². The average Bonchev–Trinajstić information content (AvgIpc) is 2.65. The summed E-state index contributed by atoms with van der Waals surface area (Å²) in [6.07, 6.45) is 0.794. The molecule has 1 atom stereocenters. The number of nitrogens with zero attached hydrogens (tertiary/aromatic N) is 1. The summed E-state index contributed by atoms with van der Waals surface area (Å²) in [5.41, 5.74) is 6.98. The highest BCUT2D eigenvalue weighted by molar-refractivity contribution is 7.12.